The van der Waals surface area contributed by atoms with Crippen LogP contribution in [0, 0.1) is 0 Å². The first-order valence-corrected chi connectivity index (χ1v) is 3.59. The van der Waals surface area contributed by atoms with Crippen LogP contribution in [-0.4, -0.2) is 11.1 Å². The molecular formula is C7H7ClN2O2. The second-order valence-electron chi connectivity index (χ2n) is 2.09. The van der Waals surface area contributed by atoms with E-state index in [-0.39, 0.29) is 6.61 Å². The van der Waals surface area contributed by atoms with E-state index < -0.39 is 6.09 Å². The highest BCUT2D eigenvalue weighted by Crippen LogP contribution is 2.07. The summed E-state index contributed by atoms with van der Waals surface area (Å²) in [5.41, 5.74) is 5.53. The monoisotopic (exact) mass is 186 g/mol. The van der Waals surface area contributed by atoms with Crippen molar-refractivity contribution in [2.24, 2.45) is 5.73 Å². The highest BCUT2D eigenvalue weighted by Gasteiger charge is 1.97. The Bertz CT molecular complexity index is 290. The van der Waals surface area contributed by atoms with Gasteiger partial charge in [-0.3, -0.25) is 0 Å². The molecular weight excluding hydrogens is 180 g/mol. The van der Waals surface area contributed by atoms with E-state index in [1.54, 1.807) is 12.1 Å². The number of amides is 1. The van der Waals surface area contributed by atoms with Gasteiger partial charge in [-0.05, 0) is 17.7 Å². The number of aromatic nitrogens is 1. The van der Waals surface area contributed by atoms with E-state index in [4.69, 9.17) is 17.3 Å². The topological polar surface area (TPSA) is 65.2 Å². The van der Waals surface area contributed by atoms with Gasteiger partial charge in [0.1, 0.15) is 11.8 Å². The molecule has 0 saturated heterocycles. The van der Waals surface area contributed by atoms with Gasteiger partial charge in [0.2, 0.25) is 0 Å². The zero-order valence-corrected chi connectivity index (χ0v) is 6.91. The Balaban J connectivity index is 2.57. The molecule has 0 fully saturated rings. The van der Waals surface area contributed by atoms with Crippen molar-refractivity contribution in [3.05, 3.63) is 29.0 Å². The first-order valence-electron chi connectivity index (χ1n) is 3.21. The summed E-state index contributed by atoms with van der Waals surface area (Å²) in [6, 6.07) is 3.29. The zero-order valence-electron chi connectivity index (χ0n) is 6.16. The Labute approximate surface area is 74.3 Å². The lowest BCUT2D eigenvalue weighted by Crippen LogP contribution is -2.12. The average Bonchev–Trinajstić information content (AvgIpc) is 2.01. The van der Waals surface area contributed by atoms with Crippen molar-refractivity contribution >= 4 is 17.7 Å². The van der Waals surface area contributed by atoms with E-state index in [9.17, 15) is 4.79 Å². The van der Waals surface area contributed by atoms with Gasteiger partial charge in [0.25, 0.3) is 0 Å². The third-order valence-corrected chi connectivity index (χ3v) is 1.38. The minimum absolute atomic E-state index is 0.123. The molecule has 0 aliphatic carbocycles. The van der Waals surface area contributed by atoms with Crippen LogP contribution in [0.4, 0.5) is 4.79 Å². The fourth-order valence-corrected chi connectivity index (χ4v) is 0.883. The molecule has 64 valence electrons. The number of hydrogen-bond acceptors (Lipinski definition) is 3. The summed E-state index contributed by atoms with van der Waals surface area (Å²) in [4.78, 5) is 14.0. The maximum Gasteiger partial charge on any atom is 0.404 e. The highest BCUT2D eigenvalue weighted by molar-refractivity contribution is 6.29. The smallest absolute Gasteiger partial charge is 0.404 e. The van der Waals surface area contributed by atoms with E-state index in [0.717, 1.165) is 5.56 Å². The minimum atomic E-state index is -0.803. The van der Waals surface area contributed by atoms with Gasteiger partial charge in [-0.15, -0.1) is 0 Å². The van der Waals surface area contributed by atoms with Gasteiger partial charge < -0.3 is 10.5 Å². The zero-order chi connectivity index (χ0) is 8.97. The molecule has 2 N–H and O–H groups in total. The fraction of sp³-hybridized carbons (Fsp3) is 0.143. The average molecular weight is 187 g/mol. The summed E-state index contributed by atoms with van der Waals surface area (Å²) in [6.07, 6.45) is 0.727. The van der Waals surface area contributed by atoms with Crippen LogP contribution in [0.3, 0.4) is 0 Å². The predicted octanol–water partition coefficient (Wildman–Crippen LogP) is 1.33. The molecule has 4 nitrogen and oxygen atoms in total. The van der Waals surface area contributed by atoms with Crippen LogP contribution < -0.4 is 5.73 Å². The molecule has 0 aliphatic heterocycles. The van der Waals surface area contributed by atoms with Gasteiger partial charge >= 0.3 is 6.09 Å². The lowest BCUT2D eigenvalue weighted by Gasteiger charge is -2.00. The van der Waals surface area contributed by atoms with E-state index in [0.29, 0.717) is 5.15 Å². The summed E-state index contributed by atoms with van der Waals surface area (Å²) in [5, 5.41) is 0.362. The van der Waals surface area contributed by atoms with E-state index in [1.165, 1.54) is 6.20 Å². The summed E-state index contributed by atoms with van der Waals surface area (Å²) in [5.74, 6) is 0. The van der Waals surface area contributed by atoms with Crippen LogP contribution in [0.2, 0.25) is 5.15 Å². The molecule has 0 aliphatic rings. The number of hydrogen-bond donors (Lipinski definition) is 1. The van der Waals surface area contributed by atoms with Crippen LogP contribution in [0.1, 0.15) is 5.56 Å². The maximum atomic E-state index is 10.2. The second-order valence-corrected chi connectivity index (χ2v) is 2.48. The van der Waals surface area contributed by atoms with Crippen molar-refractivity contribution in [1.29, 1.82) is 0 Å². The van der Waals surface area contributed by atoms with E-state index in [2.05, 4.69) is 9.72 Å². The molecule has 1 rings (SSSR count). The Morgan fingerprint density at radius 1 is 1.75 bits per heavy atom. The van der Waals surface area contributed by atoms with Gasteiger partial charge in [-0.1, -0.05) is 11.6 Å². The summed E-state index contributed by atoms with van der Waals surface area (Å²) in [6.45, 7) is 0.123. The molecule has 0 spiro atoms. The highest BCUT2D eigenvalue weighted by atomic mass is 35.5. The number of primary amides is 1. The number of halogens is 1. The number of rotatable bonds is 2. The van der Waals surface area contributed by atoms with E-state index >= 15 is 0 Å². The summed E-state index contributed by atoms with van der Waals surface area (Å²) >= 11 is 5.58. The molecule has 1 aromatic heterocycles. The molecule has 5 heteroatoms. The lowest BCUT2D eigenvalue weighted by atomic mass is 10.3. The molecule has 1 heterocycles. The van der Waals surface area contributed by atoms with Gasteiger partial charge in [-0.25, -0.2) is 9.78 Å². The molecule has 12 heavy (non-hydrogen) atoms. The second kappa shape index (κ2) is 3.92. The Hall–Kier alpha value is -1.29. The standard InChI is InChI=1S/C7H7ClN2O2/c8-6-3-5(1-2-10-6)4-12-7(9)11/h1-3H,4H2,(H2,9,11). The van der Waals surface area contributed by atoms with Crippen molar-refractivity contribution in [3.63, 3.8) is 0 Å². The van der Waals surface area contributed by atoms with Crippen molar-refractivity contribution < 1.29 is 9.53 Å². The Kier molecular flexibility index (Phi) is 2.88. The lowest BCUT2D eigenvalue weighted by molar-refractivity contribution is 0.150. The van der Waals surface area contributed by atoms with Gasteiger partial charge in [0.05, 0.1) is 0 Å². The molecule has 1 aromatic rings. The number of nitrogens with zero attached hydrogens (tertiary/aromatic N) is 1. The van der Waals surface area contributed by atoms with Crippen molar-refractivity contribution in [1.82, 2.24) is 4.98 Å². The Morgan fingerprint density at radius 3 is 3.08 bits per heavy atom. The van der Waals surface area contributed by atoms with Crippen LogP contribution >= 0.6 is 11.6 Å². The van der Waals surface area contributed by atoms with Crippen LogP contribution in [0.25, 0.3) is 0 Å². The maximum absolute atomic E-state index is 10.2. The first kappa shape index (κ1) is 8.80. The van der Waals surface area contributed by atoms with Crippen LogP contribution in [-0.2, 0) is 11.3 Å². The summed E-state index contributed by atoms with van der Waals surface area (Å²) < 4.78 is 4.54. The third kappa shape index (κ3) is 2.75. The molecule has 0 aromatic carbocycles. The van der Waals surface area contributed by atoms with Gasteiger partial charge in [0, 0.05) is 6.20 Å². The minimum Gasteiger partial charge on any atom is -0.445 e. The number of nitrogens with two attached hydrogens (primary N) is 1. The molecule has 0 bridgehead atoms. The number of carbonyl (C=O) groups is 1. The molecule has 0 unspecified atom stereocenters. The molecule has 0 saturated carbocycles. The normalized spacial score (nSPS) is 9.42. The molecule has 0 atom stereocenters. The largest absolute Gasteiger partial charge is 0.445 e. The SMILES string of the molecule is NC(=O)OCc1ccnc(Cl)c1. The number of ether oxygens (including phenoxy) is 1. The van der Waals surface area contributed by atoms with Crippen molar-refractivity contribution in [3.8, 4) is 0 Å². The molecule has 0 radical (unpaired) electrons. The quantitative estimate of drug-likeness (QED) is 0.709. The first-order chi connectivity index (χ1) is 5.68. The number of pyridine rings is 1. The van der Waals surface area contributed by atoms with Gasteiger partial charge in [0.15, 0.2) is 0 Å². The Morgan fingerprint density at radius 2 is 2.50 bits per heavy atom. The van der Waals surface area contributed by atoms with E-state index in [1.807, 2.05) is 0 Å². The van der Waals surface area contributed by atoms with Crippen molar-refractivity contribution in [2.45, 2.75) is 6.61 Å². The molecule has 1 amide bonds. The van der Waals surface area contributed by atoms with Crippen LogP contribution in [0.5, 0.6) is 0 Å². The van der Waals surface area contributed by atoms with Gasteiger partial charge in [-0.2, -0.15) is 0 Å². The predicted molar refractivity (Wildman–Crippen MR) is 43.6 cm³/mol. The van der Waals surface area contributed by atoms with Crippen LogP contribution in [0.15, 0.2) is 18.3 Å². The summed E-state index contributed by atoms with van der Waals surface area (Å²) in [7, 11) is 0. The van der Waals surface area contributed by atoms with Crippen molar-refractivity contribution in [2.75, 3.05) is 0 Å². The fourth-order valence-electron chi connectivity index (χ4n) is 0.687. The third-order valence-electron chi connectivity index (χ3n) is 1.17. The number of carbonyl (C=O) groups excluding carboxylic acids is 1.